The van der Waals surface area contributed by atoms with Crippen molar-refractivity contribution in [1.29, 1.82) is 0 Å². The zero-order valence-corrected chi connectivity index (χ0v) is 13.0. The van der Waals surface area contributed by atoms with Gasteiger partial charge in [-0.15, -0.1) is 0 Å². The lowest BCUT2D eigenvalue weighted by Crippen LogP contribution is -2.09. The first-order valence-electron chi connectivity index (χ1n) is 7.87. The maximum Gasteiger partial charge on any atom is -0.00302 e. The summed E-state index contributed by atoms with van der Waals surface area (Å²) in [5, 5.41) is 7.10. The average Bonchev–Trinajstić information content (AvgIpc) is 2.57. The molecule has 1 aliphatic rings. The van der Waals surface area contributed by atoms with Crippen LogP contribution in [0.5, 0.6) is 0 Å². The topological polar surface area (TPSA) is 0 Å². The van der Waals surface area contributed by atoms with Gasteiger partial charge in [-0.25, -0.2) is 0 Å². The van der Waals surface area contributed by atoms with E-state index in [9.17, 15) is 0 Å². The van der Waals surface area contributed by atoms with Crippen molar-refractivity contribution in [2.45, 2.75) is 48.0 Å². The smallest absolute Gasteiger partial charge is 0.00302 e. The number of hydrogen-bond acceptors (Lipinski definition) is 0. The summed E-state index contributed by atoms with van der Waals surface area (Å²) in [7, 11) is 0. The van der Waals surface area contributed by atoms with E-state index in [1.165, 1.54) is 45.2 Å². The van der Waals surface area contributed by atoms with Crippen LogP contribution in [0.2, 0.25) is 0 Å². The molecular weight excluding hydrogens is 252 g/mol. The Morgan fingerprint density at radius 3 is 2.00 bits per heavy atom. The summed E-state index contributed by atoms with van der Waals surface area (Å²) in [6, 6.07) is 15.6. The van der Waals surface area contributed by atoms with E-state index < -0.39 is 0 Å². The van der Waals surface area contributed by atoms with Gasteiger partial charge in [-0.05, 0) is 45.2 Å². The number of aryl methyl sites for hydroxylation is 1. The van der Waals surface area contributed by atoms with Gasteiger partial charge >= 0.3 is 0 Å². The van der Waals surface area contributed by atoms with Crippen LogP contribution in [0.25, 0.3) is 27.6 Å². The van der Waals surface area contributed by atoms with E-state index in [0.717, 1.165) is 0 Å². The van der Waals surface area contributed by atoms with Crippen molar-refractivity contribution in [2.75, 3.05) is 0 Å². The van der Waals surface area contributed by atoms with Crippen molar-refractivity contribution in [3.63, 3.8) is 0 Å². The molecule has 3 aromatic rings. The molecule has 3 aromatic carbocycles. The van der Waals surface area contributed by atoms with Crippen molar-refractivity contribution in [2.24, 2.45) is 0 Å². The molecule has 0 nitrogen and oxygen atoms in total. The fourth-order valence-electron chi connectivity index (χ4n) is 2.94. The van der Waals surface area contributed by atoms with Gasteiger partial charge in [0.2, 0.25) is 0 Å². The summed E-state index contributed by atoms with van der Waals surface area (Å²) in [6.07, 6.45) is 4.74. The number of benzene rings is 3. The SMILES string of the molecule is C.C1=c2ccc3cccc4ccc(c2c43)CC1.CC.CC. The second kappa shape index (κ2) is 7.83. The van der Waals surface area contributed by atoms with Crippen LogP contribution in [-0.4, -0.2) is 0 Å². The highest BCUT2D eigenvalue weighted by Crippen LogP contribution is 2.29. The second-order valence-corrected chi connectivity index (χ2v) is 4.58. The first-order valence-corrected chi connectivity index (χ1v) is 7.87. The number of rotatable bonds is 0. The van der Waals surface area contributed by atoms with Crippen LogP contribution in [-0.2, 0) is 6.42 Å². The fourth-order valence-corrected chi connectivity index (χ4v) is 2.94. The van der Waals surface area contributed by atoms with Gasteiger partial charge in [0, 0.05) is 0 Å². The zero-order chi connectivity index (χ0) is 14.5. The lowest BCUT2D eigenvalue weighted by Gasteiger charge is -2.14. The van der Waals surface area contributed by atoms with Gasteiger partial charge in [0.15, 0.2) is 0 Å². The highest BCUT2D eigenvalue weighted by Gasteiger charge is 2.09. The Bertz CT molecular complexity index is 735. The molecule has 1 aliphatic carbocycles. The highest BCUT2D eigenvalue weighted by molar-refractivity contribution is 6.11. The molecule has 4 rings (SSSR count). The quantitative estimate of drug-likeness (QED) is 0.465. The molecular formula is C21H28. The van der Waals surface area contributed by atoms with Crippen LogP contribution < -0.4 is 5.22 Å². The molecule has 0 unspecified atom stereocenters. The van der Waals surface area contributed by atoms with E-state index in [0.29, 0.717) is 0 Å². The van der Waals surface area contributed by atoms with Gasteiger partial charge in [-0.3, -0.25) is 0 Å². The Balaban J connectivity index is 0.000000410. The van der Waals surface area contributed by atoms with Crippen LogP contribution in [0, 0.1) is 0 Å². The summed E-state index contributed by atoms with van der Waals surface area (Å²) in [5.74, 6) is 0. The molecule has 0 aliphatic heterocycles. The monoisotopic (exact) mass is 280 g/mol. The van der Waals surface area contributed by atoms with Gasteiger partial charge in [-0.2, -0.15) is 0 Å². The van der Waals surface area contributed by atoms with Gasteiger partial charge in [0.1, 0.15) is 0 Å². The highest BCUT2D eigenvalue weighted by atomic mass is 14.1. The summed E-state index contributed by atoms with van der Waals surface area (Å²) in [5.41, 5.74) is 1.52. The lowest BCUT2D eigenvalue weighted by molar-refractivity contribution is 1.04. The Kier molecular flexibility index (Phi) is 6.42. The average molecular weight is 280 g/mol. The van der Waals surface area contributed by atoms with Crippen molar-refractivity contribution in [1.82, 2.24) is 0 Å². The molecule has 112 valence electrons. The van der Waals surface area contributed by atoms with Crippen molar-refractivity contribution in [3.05, 3.63) is 53.2 Å². The summed E-state index contributed by atoms with van der Waals surface area (Å²) in [6.45, 7) is 8.00. The van der Waals surface area contributed by atoms with Gasteiger partial charge in [0.05, 0.1) is 0 Å². The van der Waals surface area contributed by atoms with E-state index in [4.69, 9.17) is 0 Å². The fraction of sp³-hybridized carbons (Fsp3) is 0.333. The van der Waals surface area contributed by atoms with Crippen LogP contribution in [0.15, 0.2) is 42.5 Å². The predicted molar refractivity (Wildman–Crippen MR) is 98.9 cm³/mol. The summed E-state index contributed by atoms with van der Waals surface area (Å²) >= 11 is 0. The molecule has 0 bridgehead atoms. The summed E-state index contributed by atoms with van der Waals surface area (Å²) in [4.78, 5) is 0. The second-order valence-electron chi connectivity index (χ2n) is 4.58. The third-order valence-electron chi connectivity index (χ3n) is 3.67. The Morgan fingerprint density at radius 1 is 0.714 bits per heavy atom. The molecule has 0 radical (unpaired) electrons. The molecule has 0 saturated heterocycles. The lowest BCUT2D eigenvalue weighted by atomic mass is 9.90. The van der Waals surface area contributed by atoms with E-state index in [1.807, 2.05) is 27.7 Å². The minimum absolute atomic E-state index is 0. The van der Waals surface area contributed by atoms with E-state index >= 15 is 0 Å². The minimum atomic E-state index is 0. The summed E-state index contributed by atoms with van der Waals surface area (Å²) < 4.78 is 0. The standard InChI is InChI=1S/C16H12.2C2H6.CH4/c1-3-11-7-9-13-5-2-6-14-10-8-12(4-1)15(11)16(13)14;2*1-2;/h1,3-5,7-10H,2,6H2;2*1-2H3;1H4. The normalized spacial score (nSPS) is 11.4. The van der Waals surface area contributed by atoms with E-state index in [1.54, 1.807) is 0 Å². The Hall–Kier alpha value is -1.82. The van der Waals surface area contributed by atoms with E-state index in [-0.39, 0.29) is 7.43 Å². The maximum absolute atomic E-state index is 2.37. The first-order chi connectivity index (χ1) is 9.93. The molecule has 0 atom stereocenters. The predicted octanol–water partition coefficient (Wildman–Crippen LogP) is 6.13. The van der Waals surface area contributed by atoms with Gasteiger partial charge in [0.25, 0.3) is 0 Å². The molecule has 0 spiro atoms. The first kappa shape index (κ1) is 17.2. The largest absolute Gasteiger partial charge is 0.0776 e. The molecule has 21 heavy (non-hydrogen) atoms. The zero-order valence-electron chi connectivity index (χ0n) is 13.0. The van der Waals surface area contributed by atoms with Crippen molar-refractivity contribution in [3.8, 4) is 0 Å². The molecule has 0 amide bonds. The van der Waals surface area contributed by atoms with Crippen LogP contribution in [0.1, 0.15) is 47.1 Å². The van der Waals surface area contributed by atoms with Crippen LogP contribution >= 0.6 is 0 Å². The molecule has 0 heterocycles. The third-order valence-corrected chi connectivity index (χ3v) is 3.67. The molecule has 0 N–H and O–H groups in total. The van der Waals surface area contributed by atoms with Crippen LogP contribution in [0.3, 0.4) is 0 Å². The molecule has 0 heteroatoms. The third kappa shape index (κ3) is 2.95. The van der Waals surface area contributed by atoms with E-state index in [2.05, 4.69) is 48.5 Å². The van der Waals surface area contributed by atoms with Crippen LogP contribution in [0.4, 0.5) is 0 Å². The van der Waals surface area contributed by atoms with Gasteiger partial charge < -0.3 is 0 Å². The molecule has 0 aromatic heterocycles. The molecule has 0 saturated carbocycles. The van der Waals surface area contributed by atoms with Crippen molar-refractivity contribution < 1.29 is 0 Å². The molecule has 0 fully saturated rings. The Morgan fingerprint density at radius 2 is 1.33 bits per heavy atom. The minimum Gasteiger partial charge on any atom is -0.0776 e. The number of hydrogen-bond donors (Lipinski definition) is 0. The van der Waals surface area contributed by atoms with Crippen molar-refractivity contribution >= 4 is 27.6 Å². The van der Waals surface area contributed by atoms with Gasteiger partial charge in [-0.1, -0.05) is 83.7 Å². The Labute approximate surface area is 129 Å². The maximum atomic E-state index is 2.37.